The van der Waals surface area contributed by atoms with E-state index in [2.05, 4.69) is 10.5 Å². The molecule has 0 fully saturated rings. The fraction of sp³-hybridized carbons (Fsp3) is 0.263. The predicted octanol–water partition coefficient (Wildman–Crippen LogP) is 2.15. The van der Waals surface area contributed by atoms with E-state index in [-0.39, 0.29) is 5.69 Å². The molecule has 0 unspecified atom stereocenters. The molecule has 1 N–H and O–H groups in total. The van der Waals surface area contributed by atoms with Gasteiger partial charge in [0.15, 0.2) is 11.5 Å². The van der Waals surface area contributed by atoms with Crippen molar-refractivity contribution in [1.29, 1.82) is 0 Å². The Labute approximate surface area is 169 Å². The number of carbonyl (C=O) groups is 1. The normalized spacial score (nSPS) is 11.3. The zero-order valence-electron chi connectivity index (χ0n) is 16.3. The van der Waals surface area contributed by atoms with Crippen LogP contribution in [0.3, 0.4) is 0 Å². The van der Waals surface area contributed by atoms with Crippen molar-refractivity contribution < 1.29 is 27.1 Å². The molecule has 0 saturated heterocycles. The summed E-state index contributed by atoms with van der Waals surface area (Å²) < 4.78 is 48.8. The molecule has 2 aromatic rings. The summed E-state index contributed by atoms with van der Waals surface area (Å²) >= 11 is 0. The van der Waals surface area contributed by atoms with Crippen LogP contribution in [-0.2, 0) is 14.8 Å². The number of nitrogens with zero attached hydrogens (tertiary/aromatic N) is 2. The molecule has 156 valence electrons. The van der Waals surface area contributed by atoms with Crippen LogP contribution in [0.25, 0.3) is 0 Å². The van der Waals surface area contributed by atoms with Crippen LogP contribution in [0.15, 0.2) is 47.6 Å². The van der Waals surface area contributed by atoms with Crippen LogP contribution >= 0.6 is 0 Å². The largest absolute Gasteiger partial charge is 0.493 e. The number of benzene rings is 2. The second-order valence-electron chi connectivity index (χ2n) is 5.89. The highest BCUT2D eigenvalue weighted by Crippen LogP contribution is 2.27. The summed E-state index contributed by atoms with van der Waals surface area (Å²) in [4.78, 5) is 12.1. The lowest BCUT2D eigenvalue weighted by Crippen LogP contribution is -2.39. The zero-order chi connectivity index (χ0) is 21.4. The molecule has 10 heteroatoms. The van der Waals surface area contributed by atoms with E-state index in [4.69, 9.17) is 9.47 Å². The summed E-state index contributed by atoms with van der Waals surface area (Å²) in [6.07, 6.45) is 2.31. The maximum atomic E-state index is 13.4. The Morgan fingerprint density at radius 2 is 2.00 bits per heavy atom. The number of hydrogen-bond acceptors (Lipinski definition) is 6. The number of halogens is 1. The first-order valence-corrected chi connectivity index (χ1v) is 10.5. The third-order valence-corrected chi connectivity index (χ3v) is 4.81. The van der Waals surface area contributed by atoms with Crippen molar-refractivity contribution in [1.82, 2.24) is 5.43 Å². The monoisotopic (exact) mass is 423 g/mol. The van der Waals surface area contributed by atoms with Gasteiger partial charge in [-0.3, -0.25) is 9.10 Å². The van der Waals surface area contributed by atoms with Gasteiger partial charge in [-0.1, -0.05) is 6.07 Å². The highest BCUT2D eigenvalue weighted by Gasteiger charge is 2.21. The molecule has 0 bridgehead atoms. The third-order valence-electron chi connectivity index (χ3n) is 3.67. The van der Waals surface area contributed by atoms with E-state index in [0.29, 0.717) is 23.7 Å². The van der Waals surface area contributed by atoms with Gasteiger partial charge in [0, 0.05) is 0 Å². The highest BCUT2D eigenvalue weighted by atomic mass is 32.2. The second kappa shape index (κ2) is 9.87. The number of methoxy groups -OCH3 is 1. The van der Waals surface area contributed by atoms with Crippen molar-refractivity contribution in [3.63, 3.8) is 0 Å². The first-order valence-electron chi connectivity index (χ1n) is 8.60. The molecule has 0 radical (unpaired) electrons. The first-order chi connectivity index (χ1) is 13.7. The van der Waals surface area contributed by atoms with Crippen LogP contribution in [0, 0.1) is 5.82 Å². The Morgan fingerprint density at radius 1 is 1.24 bits per heavy atom. The molecule has 0 spiro atoms. The Kier molecular flexibility index (Phi) is 7.54. The second-order valence-corrected chi connectivity index (χ2v) is 7.79. The summed E-state index contributed by atoms with van der Waals surface area (Å²) in [6, 6.07) is 10.1. The minimum Gasteiger partial charge on any atom is -0.493 e. The third kappa shape index (κ3) is 6.46. The molecule has 0 saturated carbocycles. The topological polar surface area (TPSA) is 97.3 Å². The van der Waals surface area contributed by atoms with Gasteiger partial charge in [-0.2, -0.15) is 5.10 Å². The number of rotatable bonds is 9. The van der Waals surface area contributed by atoms with Gasteiger partial charge in [-0.25, -0.2) is 18.2 Å². The summed E-state index contributed by atoms with van der Waals surface area (Å²) in [7, 11) is -2.30. The van der Waals surface area contributed by atoms with Gasteiger partial charge in [0.2, 0.25) is 10.0 Å². The SMILES string of the molecule is CCOc1ccc(/C=N\NC(=O)CN(c2cccc(F)c2)S(C)(=O)=O)cc1OC. The molecular formula is C19H22FN3O5S. The van der Waals surface area contributed by atoms with Crippen molar-refractivity contribution in [3.8, 4) is 11.5 Å². The van der Waals surface area contributed by atoms with Crippen molar-refractivity contribution in [3.05, 3.63) is 53.8 Å². The molecule has 8 nitrogen and oxygen atoms in total. The van der Waals surface area contributed by atoms with Crippen LogP contribution < -0.4 is 19.2 Å². The molecule has 0 aromatic heterocycles. The standard InChI is InChI=1S/C19H22FN3O5S/c1-4-28-17-9-8-14(10-18(17)27-2)12-21-22-19(24)13-23(29(3,25)26)16-7-5-6-15(20)11-16/h5-12H,4,13H2,1-3H3,(H,22,24)/b21-12-. The quantitative estimate of drug-likeness (QED) is 0.492. The van der Waals surface area contributed by atoms with Crippen LogP contribution in [-0.4, -0.2) is 47.1 Å². The minimum absolute atomic E-state index is 0.0443. The average molecular weight is 423 g/mol. The fourth-order valence-electron chi connectivity index (χ4n) is 2.42. The summed E-state index contributed by atoms with van der Waals surface area (Å²) in [6.45, 7) is 1.79. The van der Waals surface area contributed by atoms with Crippen molar-refractivity contribution in [2.45, 2.75) is 6.92 Å². The van der Waals surface area contributed by atoms with Gasteiger partial charge in [-0.05, 0) is 48.9 Å². The van der Waals surface area contributed by atoms with E-state index < -0.39 is 28.3 Å². The Morgan fingerprint density at radius 3 is 2.62 bits per heavy atom. The van der Waals surface area contributed by atoms with E-state index in [1.54, 1.807) is 18.2 Å². The summed E-state index contributed by atoms with van der Waals surface area (Å²) in [5.41, 5.74) is 2.93. The number of anilines is 1. The number of hydrazone groups is 1. The molecule has 0 aliphatic heterocycles. The van der Waals surface area contributed by atoms with Gasteiger partial charge in [0.25, 0.3) is 5.91 Å². The predicted molar refractivity (Wildman–Crippen MR) is 108 cm³/mol. The lowest BCUT2D eigenvalue weighted by molar-refractivity contribution is -0.119. The van der Waals surface area contributed by atoms with E-state index in [0.717, 1.165) is 16.6 Å². The number of hydrogen-bond donors (Lipinski definition) is 1. The summed E-state index contributed by atoms with van der Waals surface area (Å²) in [5.74, 6) is -0.209. The van der Waals surface area contributed by atoms with Gasteiger partial charge < -0.3 is 9.47 Å². The number of nitrogens with one attached hydrogen (secondary N) is 1. The highest BCUT2D eigenvalue weighted by molar-refractivity contribution is 7.92. The first kappa shape index (κ1) is 22.2. The van der Waals surface area contributed by atoms with Gasteiger partial charge in [-0.15, -0.1) is 0 Å². The molecule has 0 heterocycles. The average Bonchev–Trinajstić information content (AvgIpc) is 2.66. The number of carbonyl (C=O) groups excluding carboxylic acids is 1. The molecule has 0 atom stereocenters. The fourth-order valence-corrected chi connectivity index (χ4v) is 3.26. The molecule has 1 amide bonds. The maximum Gasteiger partial charge on any atom is 0.260 e. The van der Waals surface area contributed by atoms with E-state index in [1.807, 2.05) is 6.92 Å². The van der Waals surface area contributed by atoms with E-state index in [1.165, 1.54) is 31.5 Å². The van der Waals surface area contributed by atoms with E-state index >= 15 is 0 Å². The zero-order valence-corrected chi connectivity index (χ0v) is 17.1. The van der Waals surface area contributed by atoms with Crippen LogP contribution in [0.4, 0.5) is 10.1 Å². The maximum absolute atomic E-state index is 13.4. The molecule has 2 rings (SSSR count). The number of sulfonamides is 1. The molecular weight excluding hydrogens is 401 g/mol. The van der Waals surface area contributed by atoms with Crippen LogP contribution in [0.2, 0.25) is 0 Å². The van der Waals surface area contributed by atoms with Crippen LogP contribution in [0.1, 0.15) is 12.5 Å². The van der Waals surface area contributed by atoms with Crippen molar-refractivity contribution in [2.24, 2.45) is 5.10 Å². The number of ether oxygens (including phenoxy) is 2. The molecule has 29 heavy (non-hydrogen) atoms. The number of amides is 1. The van der Waals surface area contributed by atoms with Gasteiger partial charge in [0.05, 0.1) is 31.9 Å². The lowest BCUT2D eigenvalue weighted by atomic mass is 10.2. The molecule has 2 aromatic carbocycles. The Bertz CT molecular complexity index is 995. The van der Waals surface area contributed by atoms with E-state index in [9.17, 15) is 17.6 Å². The smallest absolute Gasteiger partial charge is 0.260 e. The molecule has 0 aliphatic carbocycles. The minimum atomic E-state index is -3.80. The Balaban J connectivity index is 2.07. The van der Waals surface area contributed by atoms with Crippen molar-refractivity contribution >= 4 is 27.8 Å². The lowest BCUT2D eigenvalue weighted by Gasteiger charge is -2.21. The molecule has 0 aliphatic rings. The summed E-state index contributed by atoms with van der Waals surface area (Å²) in [5, 5.41) is 3.82. The Hall–Kier alpha value is -3.14. The van der Waals surface area contributed by atoms with Crippen molar-refractivity contribution in [2.75, 3.05) is 30.8 Å². The van der Waals surface area contributed by atoms with Gasteiger partial charge >= 0.3 is 0 Å². The van der Waals surface area contributed by atoms with Crippen LogP contribution in [0.5, 0.6) is 11.5 Å². The van der Waals surface area contributed by atoms with Gasteiger partial charge in [0.1, 0.15) is 12.4 Å².